The van der Waals surface area contributed by atoms with Crippen molar-refractivity contribution in [3.63, 3.8) is 0 Å². The highest BCUT2D eigenvalue weighted by Crippen LogP contribution is 2.08. The molecule has 2 aromatic rings. The maximum absolute atomic E-state index is 11.9. The van der Waals surface area contributed by atoms with E-state index in [1.54, 1.807) is 28.7 Å². The molecule has 1 unspecified atom stereocenters. The molecule has 0 saturated carbocycles. The van der Waals surface area contributed by atoms with Crippen molar-refractivity contribution in [2.24, 2.45) is 0 Å². The van der Waals surface area contributed by atoms with Crippen LogP contribution in [-0.4, -0.2) is 45.0 Å². The maximum Gasteiger partial charge on any atom is 0.244 e. The Balaban J connectivity index is 2.10. The summed E-state index contributed by atoms with van der Waals surface area (Å²) in [7, 11) is 1.79. The van der Waals surface area contributed by atoms with Gasteiger partial charge in [0.05, 0.1) is 6.20 Å². The van der Waals surface area contributed by atoms with E-state index in [0.717, 1.165) is 5.65 Å². The molecule has 2 aromatic heterocycles. The second kappa shape index (κ2) is 5.03. The normalized spacial score (nSPS) is 12.4. The molecule has 0 aliphatic heterocycles. The molecule has 6 nitrogen and oxygen atoms in total. The Labute approximate surface area is 106 Å². The summed E-state index contributed by atoms with van der Waals surface area (Å²) in [5, 5.41) is 7.16. The first-order valence-electron chi connectivity index (χ1n) is 5.93. The van der Waals surface area contributed by atoms with Gasteiger partial charge in [-0.25, -0.2) is 9.50 Å². The quantitative estimate of drug-likeness (QED) is 0.875. The lowest BCUT2D eigenvalue weighted by atomic mass is 10.3. The third-order valence-corrected chi connectivity index (χ3v) is 2.84. The molecule has 2 rings (SSSR count). The van der Waals surface area contributed by atoms with Crippen molar-refractivity contribution in [2.45, 2.75) is 19.9 Å². The SMILES string of the molecule is CCN(C)C(=O)C(C)Nc1ccn2nccc2n1. The molecule has 96 valence electrons. The highest BCUT2D eigenvalue weighted by molar-refractivity contribution is 5.83. The van der Waals surface area contributed by atoms with Crippen LogP contribution < -0.4 is 5.32 Å². The van der Waals surface area contributed by atoms with Crippen LogP contribution in [0.15, 0.2) is 24.5 Å². The van der Waals surface area contributed by atoms with Gasteiger partial charge < -0.3 is 10.2 Å². The number of hydrogen-bond donors (Lipinski definition) is 1. The number of nitrogens with zero attached hydrogens (tertiary/aromatic N) is 4. The van der Waals surface area contributed by atoms with Gasteiger partial charge in [-0.3, -0.25) is 4.79 Å². The maximum atomic E-state index is 11.9. The minimum Gasteiger partial charge on any atom is -0.359 e. The molecule has 0 bridgehead atoms. The number of amides is 1. The minimum atomic E-state index is -0.298. The fourth-order valence-electron chi connectivity index (χ4n) is 1.66. The van der Waals surface area contributed by atoms with Crippen LogP contribution in [0.4, 0.5) is 5.82 Å². The fourth-order valence-corrected chi connectivity index (χ4v) is 1.66. The molecule has 0 aromatic carbocycles. The second-order valence-corrected chi connectivity index (χ2v) is 4.17. The van der Waals surface area contributed by atoms with Gasteiger partial charge in [0.2, 0.25) is 5.91 Å². The summed E-state index contributed by atoms with van der Waals surface area (Å²) < 4.78 is 1.68. The van der Waals surface area contributed by atoms with E-state index < -0.39 is 0 Å². The number of carbonyl (C=O) groups is 1. The lowest BCUT2D eigenvalue weighted by molar-refractivity contribution is -0.130. The molecule has 1 atom stereocenters. The molecule has 0 spiro atoms. The number of nitrogens with one attached hydrogen (secondary N) is 1. The zero-order valence-electron chi connectivity index (χ0n) is 10.8. The summed E-state index contributed by atoms with van der Waals surface area (Å²) in [6.45, 7) is 4.47. The van der Waals surface area contributed by atoms with E-state index in [0.29, 0.717) is 12.4 Å². The summed E-state index contributed by atoms with van der Waals surface area (Å²) in [4.78, 5) is 17.9. The topological polar surface area (TPSA) is 62.5 Å². The van der Waals surface area contributed by atoms with E-state index in [9.17, 15) is 4.79 Å². The van der Waals surface area contributed by atoms with Gasteiger partial charge in [-0.15, -0.1) is 0 Å². The Kier molecular flexibility index (Phi) is 3.45. The highest BCUT2D eigenvalue weighted by atomic mass is 16.2. The molecule has 18 heavy (non-hydrogen) atoms. The van der Waals surface area contributed by atoms with Gasteiger partial charge in [0.1, 0.15) is 11.9 Å². The molecule has 0 aliphatic rings. The molecule has 1 N–H and O–H groups in total. The number of aromatic nitrogens is 3. The first-order chi connectivity index (χ1) is 8.61. The molecule has 6 heteroatoms. The Bertz CT molecular complexity index is 550. The average molecular weight is 247 g/mol. The predicted molar refractivity (Wildman–Crippen MR) is 69.4 cm³/mol. The third-order valence-electron chi connectivity index (χ3n) is 2.84. The van der Waals surface area contributed by atoms with Crippen LogP contribution in [0.3, 0.4) is 0 Å². The van der Waals surface area contributed by atoms with Gasteiger partial charge in [0.15, 0.2) is 5.65 Å². The van der Waals surface area contributed by atoms with E-state index in [1.807, 2.05) is 26.1 Å². The molecule has 0 saturated heterocycles. The molecular formula is C12H17N5O. The van der Waals surface area contributed by atoms with Gasteiger partial charge in [0.25, 0.3) is 0 Å². The van der Waals surface area contributed by atoms with Crippen molar-refractivity contribution in [3.05, 3.63) is 24.5 Å². The van der Waals surface area contributed by atoms with Crippen LogP contribution in [0.25, 0.3) is 5.65 Å². The van der Waals surface area contributed by atoms with Crippen LogP contribution in [0.1, 0.15) is 13.8 Å². The molecule has 0 fully saturated rings. The van der Waals surface area contributed by atoms with Crippen LogP contribution >= 0.6 is 0 Å². The Hall–Kier alpha value is -2.11. The molecule has 0 aliphatic carbocycles. The van der Waals surface area contributed by atoms with Crippen LogP contribution in [0.5, 0.6) is 0 Å². The summed E-state index contributed by atoms with van der Waals surface area (Å²) in [6.07, 6.45) is 3.50. The molecular weight excluding hydrogens is 230 g/mol. The smallest absolute Gasteiger partial charge is 0.244 e. The van der Waals surface area contributed by atoms with Gasteiger partial charge in [0, 0.05) is 25.9 Å². The number of fused-ring (bicyclic) bond motifs is 1. The monoisotopic (exact) mass is 247 g/mol. The molecule has 1 amide bonds. The number of rotatable bonds is 4. The summed E-state index contributed by atoms with van der Waals surface area (Å²) in [5.74, 6) is 0.723. The summed E-state index contributed by atoms with van der Waals surface area (Å²) in [6, 6.07) is 3.32. The number of likely N-dealkylation sites (N-methyl/N-ethyl adjacent to an activating group) is 1. The largest absolute Gasteiger partial charge is 0.359 e. The Morgan fingerprint density at radius 1 is 1.56 bits per heavy atom. The van der Waals surface area contributed by atoms with Crippen LogP contribution in [0, 0.1) is 0 Å². The molecule has 2 heterocycles. The van der Waals surface area contributed by atoms with Crippen molar-refractivity contribution in [3.8, 4) is 0 Å². The first kappa shape index (κ1) is 12.3. The van der Waals surface area contributed by atoms with Gasteiger partial charge in [-0.05, 0) is 19.9 Å². The van der Waals surface area contributed by atoms with Crippen LogP contribution in [-0.2, 0) is 4.79 Å². The van der Waals surface area contributed by atoms with Gasteiger partial charge in [-0.2, -0.15) is 5.10 Å². The average Bonchev–Trinajstić information content (AvgIpc) is 2.84. The zero-order chi connectivity index (χ0) is 13.1. The predicted octanol–water partition coefficient (Wildman–Crippen LogP) is 1.01. The second-order valence-electron chi connectivity index (χ2n) is 4.17. The third kappa shape index (κ3) is 2.42. The fraction of sp³-hybridized carbons (Fsp3) is 0.417. The summed E-state index contributed by atoms with van der Waals surface area (Å²) >= 11 is 0. The standard InChI is InChI=1S/C12H17N5O/c1-4-16(3)12(18)9(2)14-10-6-8-17-11(15-10)5-7-13-17/h5-9H,4H2,1-3H3,(H,14,15). The van der Waals surface area contributed by atoms with E-state index >= 15 is 0 Å². The summed E-state index contributed by atoms with van der Waals surface area (Å²) in [5.41, 5.74) is 0.753. The highest BCUT2D eigenvalue weighted by Gasteiger charge is 2.16. The van der Waals surface area contributed by atoms with Crippen LogP contribution in [0.2, 0.25) is 0 Å². The van der Waals surface area contributed by atoms with Crippen molar-refractivity contribution in [1.82, 2.24) is 19.5 Å². The number of anilines is 1. The number of carbonyl (C=O) groups excluding carboxylic acids is 1. The number of hydrogen-bond acceptors (Lipinski definition) is 4. The van der Waals surface area contributed by atoms with Crippen molar-refractivity contribution >= 4 is 17.4 Å². The zero-order valence-corrected chi connectivity index (χ0v) is 10.8. The van der Waals surface area contributed by atoms with E-state index in [-0.39, 0.29) is 11.9 Å². The van der Waals surface area contributed by atoms with Gasteiger partial charge in [-0.1, -0.05) is 0 Å². The van der Waals surface area contributed by atoms with Gasteiger partial charge >= 0.3 is 0 Å². The minimum absolute atomic E-state index is 0.0488. The van der Waals surface area contributed by atoms with Crippen molar-refractivity contribution in [1.29, 1.82) is 0 Å². The van der Waals surface area contributed by atoms with E-state index in [4.69, 9.17) is 0 Å². The Morgan fingerprint density at radius 2 is 2.33 bits per heavy atom. The van der Waals surface area contributed by atoms with Crippen molar-refractivity contribution in [2.75, 3.05) is 18.9 Å². The lowest BCUT2D eigenvalue weighted by Crippen LogP contribution is -2.39. The Morgan fingerprint density at radius 3 is 3.06 bits per heavy atom. The first-order valence-corrected chi connectivity index (χ1v) is 5.93. The van der Waals surface area contributed by atoms with E-state index in [2.05, 4.69) is 15.4 Å². The lowest BCUT2D eigenvalue weighted by Gasteiger charge is -2.20. The van der Waals surface area contributed by atoms with E-state index in [1.165, 1.54) is 0 Å². The van der Waals surface area contributed by atoms with Crippen molar-refractivity contribution < 1.29 is 4.79 Å². The molecule has 0 radical (unpaired) electrons.